The minimum Gasteiger partial charge on any atom is -0.370 e. The van der Waals surface area contributed by atoms with Gasteiger partial charge in [0.05, 0.1) is 18.2 Å². The van der Waals surface area contributed by atoms with Gasteiger partial charge in [0, 0.05) is 18.7 Å². The zero-order valence-corrected chi connectivity index (χ0v) is 17.8. The maximum Gasteiger partial charge on any atom is 0.251 e. The van der Waals surface area contributed by atoms with Gasteiger partial charge in [-0.15, -0.1) is 0 Å². The lowest BCUT2D eigenvalue weighted by Gasteiger charge is -2.23. The third kappa shape index (κ3) is 5.14. The second kappa shape index (κ2) is 10.1. The van der Waals surface area contributed by atoms with Gasteiger partial charge in [-0.2, -0.15) is 0 Å². The highest BCUT2D eigenvalue weighted by atomic mass is 19.1. The van der Waals surface area contributed by atoms with Crippen molar-refractivity contribution in [2.45, 2.75) is 25.3 Å². The molecule has 5 nitrogen and oxygen atoms in total. The zero-order valence-electron chi connectivity index (χ0n) is 17.8. The number of nitrogens with one attached hydrogen (secondary N) is 2. The number of carbonyl (C=O) groups excluding carboxylic acids is 2. The van der Waals surface area contributed by atoms with Crippen molar-refractivity contribution in [3.05, 3.63) is 95.8 Å². The molecular formula is C26H26FN3O2. The average molecular weight is 432 g/mol. The third-order valence-electron chi connectivity index (χ3n) is 5.64. The molecule has 2 N–H and O–H groups in total. The molecule has 0 aromatic heterocycles. The van der Waals surface area contributed by atoms with Crippen LogP contribution in [-0.2, 0) is 4.79 Å². The summed E-state index contributed by atoms with van der Waals surface area (Å²) in [4.78, 5) is 27.8. The standard InChI is InChI=1S/C26H26FN3O2/c27-21-14-9-15-23(30-16-7-8-17-30)25(21)29-24(31)18-22(19-10-3-1-4-11-19)28-26(32)20-12-5-2-6-13-20/h1-6,9-15,22H,7-8,16-18H2,(H,28,32)(H,29,31). The van der Waals surface area contributed by atoms with Gasteiger partial charge in [-0.05, 0) is 42.7 Å². The summed E-state index contributed by atoms with van der Waals surface area (Å²) in [6.07, 6.45) is 2.08. The number of hydrogen-bond acceptors (Lipinski definition) is 3. The molecular weight excluding hydrogens is 405 g/mol. The quantitative estimate of drug-likeness (QED) is 0.558. The van der Waals surface area contributed by atoms with Gasteiger partial charge < -0.3 is 15.5 Å². The molecule has 1 heterocycles. The van der Waals surface area contributed by atoms with Gasteiger partial charge in [0.25, 0.3) is 5.91 Å². The van der Waals surface area contributed by atoms with E-state index in [2.05, 4.69) is 15.5 Å². The molecule has 1 aliphatic heterocycles. The molecule has 1 atom stereocenters. The molecule has 164 valence electrons. The van der Waals surface area contributed by atoms with Crippen molar-refractivity contribution in [3.8, 4) is 0 Å². The van der Waals surface area contributed by atoms with Crippen LogP contribution in [0.3, 0.4) is 0 Å². The minimum atomic E-state index is -0.550. The Kier molecular flexibility index (Phi) is 6.80. The molecule has 0 saturated carbocycles. The van der Waals surface area contributed by atoms with Crippen LogP contribution < -0.4 is 15.5 Å². The van der Waals surface area contributed by atoms with Crippen LogP contribution in [0.25, 0.3) is 0 Å². The van der Waals surface area contributed by atoms with Crippen LogP contribution in [0, 0.1) is 5.82 Å². The van der Waals surface area contributed by atoms with E-state index in [4.69, 9.17) is 0 Å². The lowest BCUT2D eigenvalue weighted by molar-refractivity contribution is -0.116. The maximum absolute atomic E-state index is 14.6. The predicted molar refractivity (Wildman–Crippen MR) is 124 cm³/mol. The van der Waals surface area contributed by atoms with Crippen molar-refractivity contribution in [1.82, 2.24) is 5.32 Å². The van der Waals surface area contributed by atoms with Crippen molar-refractivity contribution in [2.75, 3.05) is 23.3 Å². The first-order valence-electron chi connectivity index (χ1n) is 10.9. The predicted octanol–water partition coefficient (Wildman–Crippen LogP) is 4.93. The van der Waals surface area contributed by atoms with E-state index in [1.165, 1.54) is 6.07 Å². The Morgan fingerprint density at radius 3 is 2.22 bits per heavy atom. The van der Waals surface area contributed by atoms with Crippen molar-refractivity contribution in [3.63, 3.8) is 0 Å². The summed E-state index contributed by atoms with van der Waals surface area (Å²) in [5.41, 5.74) is 2.21. The van der Waals surface area contributed by atoms with Gasteiger partial charge in [0.2, 0.25) is 5.91 Å². The first-order valence-corrected chi connectivity index (χ1v) is 10.9. The normalized spacial score (nSPS) is 14.1. The second-order valence-corrected chi connectivity index (χ2v) is 7.88. The van der Waals surface area contributed by atoms with Gasteiger partial charge in [0.1, 0.15) is 11.5 Å². The van der Waals surface area contributed by atoms with Crippen LogP contribution in [-0.4, -0.2) is 24.9 Å². The highest BCUT2D eigenvalue weighted by Gasteiger charge is 2.23. The summed E-state index contributed by atoms with van der Waals surface area (Å²) in [5, 5.41) is 5.71. The summed E-state index contributed by atoms with van der Waals surface area (Å²) in [6.45, 7) is 1.68. The Morgan fingerprint density at radius 1 is 0.875 bits per heavy atom. The number of benzene rings is 3. The Labute approximate surface area is 187 Å². The molecule has 1 fully saturated rings. The van der Waals surface area contributed by atoms with E-state index >= 15 is 0 Å². The molecule has 1 saturated heterocycles. The smallest absolute Gasteiger partial charge is 0.251 e. The number of halogens is 1. The van der Waals surface area contributed by atoms with Crippen LogP contribution in [0.5, 0.6) is 0 Å². The van der Waals surface area contributed by atoms with Crippen molar-refractivity contribution in [1.29, 1.82) is 0 Å². The number of anilines is 2. The minimum absolute atomic E-state index is 0.0175. The molecule has 3 aromatic carbocycles. The van der Waals surface area contributed by atoms with E-state index in [-0.39, 0.29) is 23.9 Å². The molecule has 4 rings (SSSR count). The lowest BCUT2D eigenvalue weighted by atomic mass is 10.0. The summed E-state index contributed by atoms with van der Waals surface area (Å²) in [7, 11) is 0. The van der Waals surface area contributed by atoms with Crippen molar-refractivity contribution < 1.29 is 14.0 Å². The molecule has 32 heavy (non-hydrogen) atoms. The highest BCUT2D eigenvalue weighted by molar-refractivity contribution is 5.97. The molecule has 0 radical (unpaired) electrons. The highest BCUT2D eigenvalue weighted by Crippen LogP contribution is 2.31. The van der Waals surface area contributed by atoms with Gasteiger partial charge in [-0.25, -0.2) is 4.39 Å². The van der Waals surface area contributed by atoms with E-state index in [0.29, 0.717) is 11.3 Å². The van der Waals surface area contributed by atoms with Crippen molar-refractivity contribution >= 4 is 23.2 Å². The van der Waals surface area contributed by atoms with E-state index in [0.717, 1.165) is 31.5 Å². The molecule has 2 amide bonds. The van der Waals surface area contributed by atoms with E-state index in [1.54, 1.807) is 30.3 Å². The number of amides is 2. The fourth-order valence-corrected chi connectivity index (χ4v) is 4.00. The van der Waals surface area contributed by atoms with E-state index in [9.17, 15) is 14.0 Å². The molecule has 6 heteroatoms. The second-order valence-electron chi connectivity index (χ2n) is 7.88. The summed E-state index contributed by atoms with van der Waals surface area (Å²) < 4.78 is 14.6. The molecule has 0 spiro atoms. The van der Waals surface area contributed by atoms with Crippen LogP contribution in [0.15, 0.2) is 78.9 Å². The summed E-state index contributed by atoms with van der Waals surface area (Å²) in [6, 6.07) is 22.5. The lowest BCUT2D eigenvalue weighted by Crippen LogP contribution is -2.32. The van der Waals surface area contributed by atoms with Gasteiger partial charge in [-0.1, -0.05) is 54.6 Å². The topological polar surface area (TPSA) is 61.4 Å². The van der Waals surface area contributed by atoms with Crippen molar-refractivity contribution in [2.24, 2.45) is 0 Å². The Balaban J connectivity index is 1.53. The van der Waals surface area contributed by atoms with Crippen LogP contribution in [0.2, 0.25) is 0 Å². The fourth-order valence-electron chi connectivity index (χ4n) is 4.00. The average Bonchev–Trinajstić information content (AvgIpc) is 3.36. The largest absolute Gasteiger partial charge is 0.370 e. The van der Waals surface area contributed by atoms with E-state index < -0.39 is 11.9 Å². The number of carbonyl (C=O) groups is 2. The first-order chi connectivity index (χ1) is 15.6. The Bertz CT molecular complexity index is 1070. The maximum atomic E-state index is 14.6. The number of rotatable bonds is 7. The summed E-state index contributed by atoms with van der Waals surface area (Å²) >= 11 is 0. The third-order valence-corrected chi connectivity index (χ3v) is 5.64. The van der Waals surface area contributed by atoms with Crippen LogP contribution >= 0.6 is 0 Å². The Morgan fingerprint density at radius 2 is 1.53 bits per heavy atom. The first kappa shape index (κ1) is 21.6. The molecule has 0 aliphatic carbocycles. The zero-order chi connectivity index (χ0) is 22.3. The molecule has 3 aromatic rings. The number of hydrogen-bond donors (Lipinski definition) is 2. The SMILES string of the molecule is O=C(CC(NC(=O)c1ccccc1)c1ccccc1)Nc1c(F)cccc1N1CCCC1. The van der Waals surface area contributed by atoms with Gasteiger partial charge in [0.15, 0.2) is 0 Å². The Hall–Kier alpha value is -3.67. The van der Waals surface area contributed by atoms with Crippen LogP contribution in [0.4, 0.5) is 15.8 Å². The van der Waals surface area contributed by atoms with Gasteiger partial charge >= 0.3 is 0 Å². The molecule has 1 aliphatic rings. The van der Waals surface area contributed by atoms with Crippen LogP contribution in [0.1, 0.15) is 41.2 Å². The van der Waals surface area contributed by atoms with Gasteiger partial charge in [-0.3, -0.25) is 9.59 Å². The molecule has 1 unspecified atom stereocenters. The van der Waals surface area contributed by atoms with E-state index in [1.807, 2.05) is 42.5 Å². The number of nitrogens with zero attached hydrogens (tertiary/aromatic N) is 1. The molecule has 0 bridgehead atoms. The monoisotopic (exact) mass is 431 g/mol. The number of para-hydroxylation sites is 1. The summed E-state index contributed by atoms with van der Waals surface area (Å²) in [5.74, 6) is -1.10. The fraction of sp³-hybridized carbons (Fsp3) is 0.231.